The topological polar surface area (TPSA) is 41.4 Å². The third-order valence-corrected chi connectivity index (χ3v) is 5.81. The number of benzene rings is 3. The van der Waals surface area contributed by atoms with Gasteiger partial charge in [0.25, 0.3) is 5.91 Å². The van der Waals surface area contributed by atoms with Crippen molar-refractivity contribution < 1.29 is 9.18 Å². The number of aromatic nitrogens is 2. The molecule has 0 spiro atoms. The van der Waals surface area contributed by atoms with Gasteiger partial charge in [-0.2, -0.15) is 5.10 Å². The molecule has 3 aromatic carbocycles. The summed E-state index contributed by atoms with van der Waals surface area (Å²) in [6.45, 7) is 3.84. The van der Waals surface area contributed by atoms with E-state index in [9.17, 15) is 9.18 Å². The summed E-state index contributed by atoms with van der Waals surface area (Å²) in [6.07, 6.45) is 1.69. The van der Waals surface area contributed by atoms with Gasteiger partial charge in [0.05, 0.1) is 5.69 Å². The Morgan fingerprint density at radius 3 is 2.52 bits per heavy atom. The lowest BCUT2D eigenvalue weighted by atomic mass is 10.0. The fourth-order valence-electron chi connectivity index (χ4n) is 4.14. The van der Waals surface area contributed by atoms with Crippen LogP contribution in [0.15, 0.2) is 79.0 Å². The number of halogens is 1. The lowest BCUT2D eigenvalue weighted by molar-refractivity contribution is 0.0622. The molecule has 1 saturated heterocycles. The van der Waals surface area contributed by atoms with Crippen LogP contribution < -0.4 is 0 Å². The summed E-state index contributed by atoms with van der Waals surface area (Å²) in [5.74, 6) is -0.414. The zero-order valence-electron chi connectivity index (χ0n) is 17.1. The van der Waals surface area contributed by atoms with Crippen molar-refractivity contribution in [1.29, 1.82) is 0 Å². The maximum atomic E-state index is 13.5. The van der Waals surface area contributed by atoms with Crippen LogP contribution in [0.5, 0.6) is 0 Å². The van der Waals surface area contributed by atoms with Gasteiger partial charge in [0.1, 0.15) is 5.82 Å². The van der Waals surface area contributed by atoms with E-state index < -0.39 is 0 Å². The Kier molecular flexibility index (Phi) is 5.22. The standard InChI is InChI=1S/C25H23FN4O/c26-21-8-4-9-22(17-21)30-12-11-24(27-30)25(31)29-15-13-28(14-16-29)18-20-7-3-6-19-5-1-2-10-23(19)20/h1-12,17H,13-16,18H2. The number of piperazine rings is 1. The normalized spacial score (nSPS) is 14.8. The number of hydrogen-bond donors (Lipinski definition) is 0. The van der Waals surface area contributed by atoms with Crippen molar-refractivity contribution in [3.8, 4) is 5.69 Å². The minimum Gasteiger partial charge on any atom is -0.335 e. The second-order valence-corrected chi connectivity index (χ2v) is 7.83. The first-order chi connectivity index (χ1) is 15.2. The number of fused-ring (bicyclic) bond motifs is 1. The summed E-state index contributed by atoms with van der Waals surface area (Å²) < 4.78 is 15.0. The van der Waals surface area contributed by atoms with E-state index in [0.717, 1.165) is 19.6 Å². The van der Waals surface area contributed by atoms with E-state index in [0.29, 0.717) is 24.5 Å². The Morgan fingerprint density at radius 2 is 1.68 bits per heavy atom. The molecule has 0 saturated carbocycles. The average Bonchev–Trinajstić information content (AvgIpc) is 3.30. The van der Waals surface area contributed by atoms with Gasteiger partial charge in [0, 0.05) is 38.9 Å². The van der Waals surface area contributed by atoms with Crippen LogP contribution in [-0.2, 0) is 6.54 Å². The van der Waals surface area contributed by atoms with Gasteiger partial charge >= 0.3 is 0 Å². The first kappa shape index (κ1) is 19.5. The quantitative estimate of drug-likeness (QED) is 0.504. The molecule has 1 aromatic heterocycles. The molecular weight excluding hydrogens is 391 g/mol. The highest BCUT2D eigenvalue weighted by Crippen LogP contribution is 2.21. The van der Waals surface area contributed by atoms with E-state index in [2.05, 4.69) is 52.5 Å². The van der Waals surface area contributed by atoms with Crippen LogP contribution in [0.2, 0.25) is 0 Å². The predicted molar refractivity (Wildman–Crippen MR) is 119 cm³/mol. The lowest BCUT2D eigenvalue weighted by Crippen LogP contribution is -2.48. The first-order valence-corrected chi connectivity index (χ1v) is 10.5. The van der Waals surface area contributed by atoms with Gasteiger partial charge in [-0.15, -0.1) is 0 Å². The summed E-state index contributed by atoms with van der Waals surface area (Å²) in [4.78, 5) is 17.1. The molecule has 1 amide bonds. The molecule has 5 rings (SSSR count). The van der Waals surface area contributed by atoms with Gasteiger partial charge in [0.15, 0.2) is 5.69 Å². The third-order valence-electron chi connectivity index (χ3n) is 5.81. The van der Waals surface area contributed by atoms with Crippen molar-refractivity contribution in [2.75, 3.05) is 26.2 Å². The summed E-state index contributed by atoms with van der Waals surface area (Å²) in [6, 6.07) is 22.7. The van der Waals surface area contributed by atoms with Crippen LogP contribution in [0.4, 0.5) is 4.39 Å². The molecule has 1 aliphatic rings. The van der Waals surface area contributed by atoms with Crippen molar-refractivity contribution in [1.82, 2.24) is 19.6 Å². The van der Waals surface area contributed by atoms with E-state index in [4.69, 9.17) is 0 Å². The molecule has 31 heavy (non-hydrogen) atoms. The second kappa shape index (κ2) is 8.32. The summed E-state index contributed by atoms with van der Waals surface area (Å²) in [5, 5.41) is 6.90. The van der Waals surface area contributed by atoms with Crippen molar-refractivity contribution in [2.45, 2.75) is 6.54 Å². The molecule has 156 valence electrons. The van der Waals surface area contributed by atoms with E-state index in [1.54, 1.807) is 24.4 Å². The molecule has 1 fully saturated rings. The molecule has 2 heterocycles. The van der Waals surface area contributed by atoms with Gasteiger partial charge < -0.3 is 4.90 Å². The molecule has 6 heteroatoms. The molecule has 0 N–H and O–H groups in total. The van der Waals surface area contributed by atoms with Crippen molar-refractivity contribution in [3.63, 3.8) is 0 Å². The number of hydrogen-bond acceptors (Lipinski definition) is 3. The SMILES string of the molecule is O=C(c1ccn(-c2cccc(F)c2)n1)N1CCN(Cc2cccc3ccccc23)CC1. The van der Waals surface area contributed by atoms with Crippen LogP contribution in [0.3, 0.4) is 0 Å². The number of amides is 1. The van der Waals surface area contributed by atoms with E-state index in [-0.39, 0.29) is 11.7 Å². The maximum Gasteiger partial charge on any atom is 0.274 e. The highest BCUT2D eigenvalue weighted by Gasteiger charge is 2.24. The molecule has 0 radical (unpaired) electrons. The molecule has 0 atom stereocenters. The van der Waals surface area contributed by atoms with Crippen LogP contribution in [-0.4, -0.2) is 51.7 Å². The largest absolute Gasteiger partial charge is 0.335 e. The summed E-state index contributed by atoms with van der Waals surface area (Å²) in [7, 11) is 0. The van der Waals surface area contributed by atoms with Crippen LogP contribution >= 0.6 is 0 Å². The molecule has 5 nitrogen and oxygen atoms in total. The van der Waals surface area contributed by atoms with Crippen molar-refractivity contribution in [2.24, 2.45) is 0 Å². The Morgan fingerprint density at radius 1 is 0.903 bits per heavy atom. The summed E-state index contributed by atoms with van der Waals surface area (Å²) in [5.41, 5.74) is 2.29. The second-order valence-electron chi connectivity index (χ2n) is 7.83. The van der Waals surface area contributed by atoms with Crippen LogP contribution in [0.25, 0.3) is 16.5 Å². The van der Waals surface area contributed by atoms with Crippen molar-refractivity contribution in [3.05, 3.63) is 96.1 Å². The Bertz CT molecular complexity index is 1220. The highest BCUT2D eigenvalue weighted by molar-refractivity contribution is 5.92. The number of carbonyl (C=O) groups excluding carboxylic acids is 1. The van der Waals surface area contributed by atoms with Gasteiger partial charge in [-0.3, -0.25) is 9.69 Å². The Labute approximate surface area is 180 Å². The van der Waals surface area contributed by atoms with Gasteiger partial charge in [-0.05, 0) is 40.6 Å². The van der Waals surface area contributed by atoms with E-state index in [1.807, 2.05) is 4.90 Å². The van der Waals surface area contributed by atoms with E-state index in [1.165, 1.54) is 33.2 Å². The molecular formula is C25H23FN4O. The number of carbonyl (C=O) groups is 1. The zero-order valence-corrected chi connectivity index (χ0v) is 17.1. The molecule has 1 aliphatic heterocycles. The van der Waals surface area contributed by atoms with E-state index >= 15 is 0 Å². The van der Waals surface area contributed by atoms with Crippen molar-refractivity contribution >= 4 is 16.7 Å². The third kappa shape index (κ3) is 4.07. The Balaban J connectivity index is 1.23. The zero-order chi connectivity index (χ0) is 21.2. The number of nitrogens with zero attached hydrogens (tertiary/aromatic N) is 4. The average molecular weight is 414 g/mol. The predicted octanol–water partition coefficient (Wildman–Crippen LogP) is 4.12. The number of rotatable bonds is 4. The highest BCUT2D eigenvalue weighted by atomic mass is 19.1. The summed E-state index contributed by atoms with van der Waals surface area (Å²) >= 11 is 0. The monoisotopic (exact) mass is 414 g/mol. The smallest absolute Gasteiger partial charge is 0.274 e. The lowest BCUT2D eigenvalue weighted by Gasteiger charge is -2.34. The fraction of sp³-hybridized carbons (Fsp3) is 0.200. The van der Waals surface area contributed by atoms with Gasteiger partial charge in [0.2, 0.25) is 0 Å². The fourth-order valence-corrected chi connectivity index (χ4v) is 4.14. The maximum absolute atomic E-state index is 13.5. The molecule has 0 aliphatic carbocycles. The van der Waals surface area contributed by atoms with Crippen LogP contribution in [0, 0.1) is 5.82 Å². The van der Waals surface area contributed by atoms with Crippen LogP contribution in [0.1, 0.15) is 16.1 Å². The minimum atomic E-state index is -0.330. The minimum absolute atomic E-state index is 0.0834. The first-order valence-electron chi connectivity index (χ1n) is 10.5. The Hall–Kier alpha value is -3.51. The molecule has 4 aromatic rings. The van der Waals surface area contributed by atoms with Gasteiger partial charge in [-0.25, -0.2) is 9.07 Å². The molecule has 0 bridgehead atoms. The van der Waals surface area contributed by atoms with Gasteiger partial charge in [-0.1, -0.05) is 48.5 Å². The molecule has 0 unspecified atom stereocenters.